The van der Waals surface area contributed by atoms with Crippen LogP contribution in [-0.4, -0.2) is 39.0 Å². The molecule has 1 heterocycles. The van der Waals surface area contributed by atoms with E-state index in [1.807, 2.05) is 6.07 Å². The monoisotopic (exact) mass is 357 g/mol. The van der Waals surface area contributed by atoms with E-state index >= 15 is 0 Å². The highest BCUT2D eigenvalue weighted by Crippen LogP contribution is 2.24. The normalized spacial score (nSPS) is 19.4. The number of nitrogens with one attached hydrogen (secondary N) is 3. The van der Waals surface area contributed by atoms with E-state index in [2.05, 4.69) is 10.6 Å². The fourth-order valence-corrected chi connectivity index (χ4v) is 4.14. The molecule has 0 spiro atoms. The Bertz CT molecular complexity index is 838. The highest BCUT2D eigenvalue weighted by molar-refractivity contribution is 7.85. The van der Waals surface area contributed by atoms with Crippen molar-refractivity contribution in [3.63, 3.8) is 0 Å². The van der Waals surface area contributed by atoms with Crippen molar-refractivity contribution in [1.29, 1.82) is 5.41 Å². The molecule has 2 unspecified atom stereocenters. The van der Waals surface area contributed by atoms with E-state index in [9.17, 15) is 14.1 Å². The molecular weight excluding hydrogens is 338 g/mol. The topological polar surface area (TPSA) is 102 Å². The highest BCUT2D eigenvalue weighted by atomic mass is 32.2. The number of carbonyl (C=O) groups excluding carboxylic acids is 1. The SMILES string of the molecule is N=Cc1cc(O)ccc1Nc1cccc(C(=O)NC2CCS(=O)C2)c1. The van der Waals surface area contributed by atoms with Crippen LogP contribution in [0, 0.1) is 5.41 Å². The number of carbonyl (C=O) groups is 1. The van der Waals surface area contributed by atoms with Crippen molar-refractivity contribution >= 4 is 34.3 Å². The largest absolute Gasteiger partial charge is 0.508 e. The summed E-state index contributed by atoms with van der Waals surface area (Å²) >= 11 is 0. The Morgan fingerprint density at radius 1 is 1.28 bits per heavy atom. The molecule has 3 rings (SSSR count). The van der Waals surface area contributed by atoms with E-state index in [0.717, 1.165) is 12.6 Å². The van der Waals surface area contributed by atoms with Crippen LogP contribution in [0.1, 0.15) is 22.3 Å². The molecule has 2 aromatic rings. The molecule has 4 N–H and O–H groups in total. The standard InChI is InChI=1S/C18H19N3O3S/c19-10-13-9-16(22)4-5-17(13)20-14-3-1-2-12(8-14)18(23)21-15-6-7-25(24)11-15/h1-5,8-10,15,19-20,22H,6-7,11H2,(H,21,23). The Hall–Kier alpha value is -2.67. The smallest absolute Gasteiger partial charge is 0.251 e. The number of phenols is 1. The zero-order valence-electron chi connectivity index (χ0n) is 13.5. The van der Waals surface area contributed by atoms with Gasteiger partial charge in [0.25, 0.3) is 5.91 Å². The number of aromatic hydroxyl groups is 1. The van der Waals surface area contributed by atoms with Gasteiger partial charge in [-0.2, -0.15) is 0 Å². The average molecular weight is 357 g/mol. The summed E-state index contributed by atoms with van der Waals surface area (Å²) in [5, 5.41) is 23.0. The first kappa shape index (κ1) is 17.2. The van der Waals surface area contributed by atoms with E-state index < -0.39 is 10.8 Å². The predicted octanol–water partition coefficient (Wildman–Crippen LogP) is 2.38. The second-order valence-corrected chi connectivity index (χ2v) is 7.51. The number of amides is 1. The first-order chi connectivity index (χ1) is 12.0. The first-order valence-corrected chi connectivity index (χ1v) is 9.40. The molecule has 0 bridgehead atoms. The van der Waals surface area contributed by atoms with Crippen LogP contribution in [0.3, 0.4) is 0 Å². The minimum absolute atomic E-state index is 0.0356. The number of rotatable bonds is 5. The van der Waals surface area contributed by atoms with Crippen molar-refractivity contribution < 1.29 is 14.1 Å². The number of benzene rings is 2. The summed E-state index contributed by atoms with van der Waals surface area (Å²) in [5.41, 5.74) is 2.43. The highest BCUT2D eigenvalue weighted by Gasteiger charge is 2.23. The molecule has 0 saturated carbocycles. The van der Waals surface area contributed by atoms with Gasteiger partial charge in [0.15, 0.2) is 0 Å². The summed E-state index contributed by atoms with van der Waals surface area (Å²) in [7, 11) is -0.831. The molecule has 0 aliphatic carbocycles. The summed E-state index contributed by atoms with van der Waals surface area (Å²) < 4.78 is 11.4. The van der Waals surface area contributed by atoms with Crippen LogP contribution >= 0.6 is 0 Å². The maximum Gasteiger partial charge on any atom is 0.251 e. The summed E-state index contributed by atoms with van der Waals surface area (Å²) in [6.45, 7) is 0. The molecule has 1 fully saturated rings. The molecule has 7 heteroatoms. The molecule has 0 radical (unpaired) electrons. The molecule has 2 aromatic carbocycles. The van der Waals surface area contributed by atoms with Gasteiger partial charge in [-0.15, -0.1) is 0 Å². The lowest BCUT2D eigenvalue weighted by molar-refractivity contribution is 0.0941. The van der Waals surface area contributed by atoms with Crippen LogP contribution in [0.25, 0.3) is 0 Å². The van der Waals surface area contributed by atoms with Gasteiger partial charge < -0.3 is 21.1 Å². The van der Waals surface area contributed by atoms with E-state index in [1.165, 1.54) is 12.1 Å². The maximum atomic E-state index is 12.4. The Morgan fingerprint density at radius 2 is 2.12 bits per heavy atom. The number of hydrogen-bond donors (Lipinski definition) is 4. The summed E-state index contributed by atoms with van der Waals surface area (Å²) in [6.07, 6.45) is 1.89. The Labute approximate surface area is 148 Å². The lowest BCUT2D eigenvalue weighted by Gasteiger charge is -2.13. The summed E-state index contributed by atoms with van der Waals surface area (Å²) in [5.74, 6) is 1.05. The van der Waals surface area contributed by atoms with Crippen molar-refractivity contribution in [2.24, 2.45) is 0 Å². The summed E-state index contributed by atoms with van der Waals surface area (Å²) in [6, 6.07) is 11.7. The fourth-order valence-electron chi connectivity index (χ4n) is 2.72. The van der Waals surface area contributed by atoms with Crippen LogP contribution in [0.4, 0.5) is 11.4 Å². The van der Waals surface area contributed by atoms with Crippen molar-refractivity contribution in [1.82, 2.24) is 5.32 Å². The van der Waals surface area contributed by atoms with Crippen LogP contribution in [0.5, 0.6) is 5.75 Å². The van der Waals surface area contributed by atoms with Crippen LogP contribution in [0.2, 0.25) is 0 Å². The minimum atomic E-state index is -0.831. The first-order valence-electron chi connectivity index (χ1n) is 7.91. The zero-order chi connectivity index (χ0) is 17.8. The van der Waals surface area contributed by atoms with Crippen molar-refractivity contribution in [3.8, 4) is 5.75 Å². The molecule has 1 amide bonds. The number of anilines is 2. The molecule has 1 aliphatic rings. The molecule has 25 heavy (non-hydrogen) atoms. The molecule has 1 saturated heterocycles. The molecule has 2 atom stereocenters. The molecule has 1 aliphatic heterocycles. The lowest BCUT2D eigenvalue weighted by Crippen LogP contribution is -2.35. The van der Waals surface area contributed by atoms with Crippen molar-refractivity contribution in [2.45, 2.75) is 12.5 Å². The second-order valence-electron chi connectivity index (χ2n) is 5.89. The van der Waals surface area contributed by atoms with Crippen LogP contribution in [-0.2, 0) is 10.8 Å². The zero-order valence-corrected chi connectivity index (χ0v) is 14.3. The third-order valence-corrected chi connectivity index (χ3v) is 5.48. The molecular formula is C18H19N3O3S. The van der Waals surface area contributed by atoms with Crippen LogP contribution in [0.15, 0.2) is 42.5 Å². The molecule has 0 aromatic heterocycles. The van der Waals surface area contributed by atoms with Gasteiger partial charge in [0.05, 0.1) is 0 Å². The molecule has 130 valence electrons. The van der Waals surface area contributed by atoms with Gasteiger partial charge in [0, 0.05) is 57.1 Å². The van der Waals surface area contributed by atoms with E-state index in [1.54, 1.807) is 24.3 Å². The van der Waals surface area contributed by atoms with Gasteiger partial charge in [-0.3, -0.25) is 9.00 Å². The van der Waals surface area contributed by atoms with Gasteiger partial charge in [-0.25, -0.2) is 0 Å². The average Bonchev–Trinajstić information content (AvgIpc) is 3.01. The third-order valence-electron chi connectivity index (χ3n) is 4.01. The molecule has 6 nitrogen and oxygen atoms in total. The third kappa shape index (κ3) is 4.24. The number of phenolic OH excluding ortho intramolecular Hbond substituents is 1. The maximum absolute atomic E-state index is 12.4. The van der Waals surface area contributed by atoms with E-state index in [0.29, 0.717) is 34.0 Å². The Morgan fingerprint density at radius 3 is 2.84 bits per heavy atom. The van der Waals surface area contributed by atoms with Gasteiger partial charge in [0.2, 0.25) is 0 Å². The fraction of sp³-hybridized carbons (Fsp3) is 0.222. The van der Waals surface area contributed by atoms with Gasteiger partial charge in [-0.05, 0) is 42.8 Å². The van der Waals surface area contributed by atoms with Gasteiger partial charge in [0.1, 0.15) is 5.75 Å². The van der Waals surface area contributed by atoms with E-state index in [-0.39, 0.29) is 17.7 Å². The Balaban J connectivity index is 1.74. The van der Waals surface area contributed by atoms with Gasteiger partial charge >= 0.3 is 0 Å². The van der Waals surface area contributed by atoms with Crippen molar-refractivity contribution in [3.05, 3.63) is 53.6 Å². The second kappa shape index (κ2) is 7.48. The minimum Gasteiger partial charge on any atom is -0.508 e. The predicted molar refractivity (Wildman–Crippen MR) is 99.5 cm³/mol. The Kier molecular flexibility index (Phi) is 5.14. The quantitative estimate of drug-likeness (QED) is 0.487. The van der Waals surface area contributed by atoms with Crippen molar-refractivity contribution in [2.75, 3.05) is 16.8 Å². The van der Waals surface area contributed by atoms with Gasteiger partial charge in [-0.1, -0.05) is 6.07 Å². The van der Waals surface area contributed by atoms with Crippen LogP contribution < -0.4 is 10.6 Å². The number of hydrogen-bond acceptors (Lipinski definition) is 5. The lowest BCUT2D eigenvalue weighted by atomic mass is 10.1. The van der Waals surface area contributed by atoms with E-state index in [4.69, 9.17) is 5.41 Å². The summed E-state index contributed by atoms with van der Waals surface area (Å²) in [4.78, 5) is 12.4.